The molecule has 0 aromatic carbocycles. The highest BCUT2D eigenvalue weighted by Crippen LogP contribution is 2.09. The highest BCUT2D eigenvalue weighted by Gasteiger charge is 2.15. The molecule has 0 aliphatic heterocycles. The third-order valence-electron chi connectivity index (χ3n) is 1.91. The number of amides is 1. The van der Waals surface area contributed by atoms with Crippen LogP contribution in [0.15, 0.2) is 23.4 Å². The van der Waals surface area contributed by atoms with Gasteiger partial charge in [-0.15, -0.1) is 0 Å². The van der Waals surface area contributed by atoms with E-state index in [9.17, 15) is 13.2 Å². The molecule has 0 spiro atoms. The van der Waals surface area contributed by atoms with Crippen LogP contribution in [0, 0.1) is 0 Å². The number of sulfone groups is 1. The molecule has 0 aliphatic rings. The third-order valence-corrected chi connectivity index (χ3v) is 3.62. The minimum atomic E-state index is -3.49. The van der Waals surface area contributed by atoms with Crippen LogP contribution in [0.5, 0.6) is 0 Å². The van der Waals surface area contributed by atoms with Crippen molar-refractivity contribution in [3.05, 3.63) is 23.9 Å². The third kappa shape index (κ3) is 3.01. The van der Waals surface area contributed by atoms with E-state index in [4.69, 9.17) is 10.8 Å². The maximum atomic E-state index is 11.6. The molecule has 6 nitrogen and oxygen atoms in total. The molecule has 0 fully saturated rings. The summed E-state index contributed by atoms with van der Waals surface area (Å²) >= 11 is 0. The molecule has 0 bridgehead atoms. The Kier molecular flexibility index (Phi) is 3.97. The largest absolute Gasteiger partial charge is 0.396 e. The van der Waals surface area contributed by atoms with Gasteiger partial charge in [-0.3, -0.25) is 4.79 Å². The molecule has 1 aromatic heterocycles. The fourth-order valence-electron chi connectivity index (χ4n) is 1.07. The van der Waals surface area contributed by atoms with Crippen molar-refractivity contribution in [3.8, 4) is 0 Å². The average molecular weight is 244 g/mol. The second-order valence-electron chi connectivity index (χ2n) is 3.15. The summed E-state index contributed by atoms with van der Waals surface area (Å²) in [5.74, 6) is -0.835. The van der Waals surface area contributed by atoms with Crippen molar-refractivity contribution in [2.45, 2.75) is 11.4 Å². The van der Waals surface area contributed by atoms with Crippen molar-refractivity contribution in [3.63, 3.8) is 0 Å². The first-order valence-corrected chi connectivity index (χ1v) is 6.22. The van der Waals surface area contributed by atoms with Crippen LogP contribution in [0.25, 0.3) is 0 Å². The molecule has 0 radical (unpaired) electrons. The summed E-state index contributed by atoms with van der Waals surface area (Å²) in [4.78, 5) is 14.4. The van der Waals surface area contributed by atoms with E-state index < -0.39 is 15.7 Å². The second-order valence-corrected chi connectivity index (χ2v) is 5.20. The number of aromatic nitrogens is 1. The van der Waals surface area contributed by atoms with Gasteiger partial charge in [0, 0.05) is 12.8 Å². The smallest absolute Gasteiger partial charge is 0.250 e. The van der Waals surface area contributed by atoms with Crippen LogP contribution in [-0.2, 0) is 9.84 Å². The lowest BCUT2D eigenvalue weighted by atomic mass is 10.3. The number of hydrogen-bond acceptors (Lipinski definition) is 5. The number of hydrogen-bond donors (Lipinski definition) is 2. The minimum absolute atomic E-state index is 0.119. The monoisotopic (exact) mass is 244 g/mol. The van der Waals surface area contributed by atoms with E-state index in [2.05, 4.69) is 4.98 Å². The standard InChI is InChI=1S/C9H12N2O4S/c10-9(13)7-2-3-8(11-6-7)16(14,15)5-1-4-12/h2-3,6,12H,1,4-5H2,(H2,10,13). The van der Waals surface area contributed by atoms with Gasteiger partial charge in [-0.1, -0.05) is 0 Å². The Labute approximate surface area is 93.0 Å². The van der Waals surface area contributed by atoms with Crippen LogP contribution in [0.2, 0.25) is 0 Å². The molecule has 0 unspecified atom stereocenters. The van der Waals surface area contributed by atoms with Gasteiger partial charge in [0.2, 0.25) is 5.91 Å². The number of aliphatic hydroxyl groups excluding tert-OH is 1. The van der Waals surface area contributed by atoms with Gasteiger partial charge in [0.05, 0.1) is 11.3 Å². The van der Waals surface area contributed by atoms with E-state index in [0.717, 1.165) is 6.20 Å². The molecule has 0 aliphatic carbocycles. The summed E-state index contributed by atoms with van der Waals surface area (Å²) in [5, 5.41) is 8.43. The molecular weight excluding hydrogens is 232 g/mol. The lowest BCUT2D eigenvalue weighted by Gasteiger charge is -2.02. The SMILES string of the molecule is NC(=O)c1ccc(S(=O)(=O)CCCO)nc1. The first-order valence-electron chi connectivity index (χ1n) is 4.57. The minimum Gasteiger partial charge on any atom is -0.396 e. The topological polar surface area (TPSA) is 110 Å². The van der Waals surface area contributed by atoms with Gasteiger partial charge in [0.25, 0.3) is 0 Å². The van der Waals surface area contributed by atoms with Gasteiger partial charge < -0.3 is 10.8 Å². The number of rotatable bonds is 5. The highest BCUT2D eigenvalue weighted by atomic mass is 32.2. The summed E-state index contributed by atoms with van der Waals surface area (Å²) in [7, 11) is -3.49. The van der Waals surface area contributed by atoms with E-state index in [0.29, 0.717) is 0 Å². The number of carbonyl (C=O) groups excluding carboxylic acids is 1. The average Bonchev–Trinajstić information content (AvgIpc) is 2.26. The van der Waals surface area contributed by atoms with Gasteiger partial charge in [-0.2, -0.15) is 0 Å². The molecule has 88 valence electrons. The van der Waals surface area contributed by atoms with Crippen molar-refractivity contribution in [1.82, 2.24) is 4.98 Å². The van der Waals surface area contributed by atoms with Crippen LogP contribution >= 0.6 is 0 Å². The Hall–Kier alpha value is -1.47. The first-order chi connectivity index (χ1) is 7.47. The number of nitrogens with two attached hydrogens (primary N) is 1. The molecule has 1 aromatic rings. The van der Waals surface area contributed by atoms with Gasteiger partial charge in [-0.05, 0) is 18.6 Å². The predicted molar refractivity (Wildman–Crippen MR) is 56.5 cm³/mol. The number of nitrogens with zero attached hydrogens (tertiary/aromatic N) is 1. The van der Waals surface area contributed by atoms with Gasteiger partial charge >= 0.3 is 0 Å². The molecule has 1 amide bonds. The summed E-state index contributed by atoms with van der Waals surface area (Å²) in [6.07, 6.45) is 1.27. The van der Waals surface area contributed by atoms with Gasteiger partial charge in [0.15, 0.2) is 14.9 Å². The molecule has 1 heterocycles. The predicted octanol–water partition coefficient (Wildman–Crippen LogP) is -0.663. The maximum Gasteiger partial charge on any atom is 0.250 e. The van der Waals surface area contributed by atoms with Crippen LogP contribution in [0.1, 0.15) is 16.8 Å². The Morgan fingerprint density at radius 1 is 1.44 bits per heavy atom. The van der Waals surface area contributed by atoms with Crippen molar-refractivity contribution < 1.29 is 18.3 Å². The van der Waals surface area contributed by atoms with E-state index >= 15 is 0 Å². The van der Waals surface area contributed by atoms with E-state index in [1.807, 2.05) is 0 Å². The number of pyridine rings is 1. The maximum absolute atomic E-state index is 11.6. The molecule has 0 atom stereocenters. The van der Waals surface area contributed by atoms with Crippen molar-refractivity contribution in [2.24, 2.45) is 5.73 Å². The fourth-order valence-corrected chi connectivity index (χ4v) is 2.28. The van der Waals surface area contributed by atoms with Crippen LogP contribution in [0.3, 0.4) is 0 Å². The zero-order chi connectivity index (χ0) is 12.2. The Morgan fingerprint density at radius 3 is 2.56 bits per heavy atom. The van der Waals surface area contributed by atoms with Crippen LogP contribution < -0.4 is 5.73 Å². The molecule has 3 N–H and O–H groups in total. The Balaban J connectivity index is 2.93. The highest BCUT2D eigenvalue weighted by molar-refractivity contribution is 7.91. The zero-order valence-corrected chi connectivity index (χ0v) is 9.27. The molecular formula is C9H12N2O4S. The summed E-state index contributed by atoms with van der Waals surface area (Å²) in [6, 6.07) is 2.54. The van der Waals surface area contributed by atoms with E-state index in [1.54, 1.807) is 0 Å². The number of aliphatic hydroxyl groups is 1. The fraction of sp³-hybridized carbons (Fsp3) is 0.333. The van der Waals surface area contributed by atoms with Gasteiger partial charge in [0.1, 0.15) is 0 Å². The summed E-state index contributed by atoms with van der Waals surface area (Å²) in [5.41, 5.74) is 5.15. The van der Waals surface area contributed by atoms with Crippen LogP contribution in [0.4, 0.5) is 0 Å². The quantitative estimate of drug-likeness (QED) is 0.714. The van der Waals surface area contributed by atoms with Crippen molar-refractivity contribution >= 4 is 15.7 Å². The Morgan fingerprint density at radius 2 is 2.12 bits per heavy atom. The van der Waals surface area contributed by atoms with Crippen molar-refractivity contribution in [2.75, 3.05) is 12.4 Å². The number of primary amides is 1. The molecule has 0 saturated carbocycles. The van der Waals surface area contributed by atoms with Crippen LogP contribution in [-0.4, -0.2) is 36.8 Å². The lowest BCUT2D eigenvalue weighted by molar-refractivity contribution is 0.1000. The molecule has 16 heavy (non-hydrogen) atoms. The second kappa shape index (κ2) is 5.04. The molecule has 0 saturated heterocycles. The number of carbonyl (C=O) groups is 1. The van der Waals surface area contributed by atoms with E-state index in [1.165, 1.54) is 12.1 Å². The zero-order valence-electron chi connectivity index (χ0n) is 8.46. The molecule has 7 heteroatoms. The lowest BCUT2D eigenvalue weighted by Crippen LogP contribution is -2.13. The van der Waals surface area contributed by atoms with E-state index in [-0.39, 0.29) is 29.4 Å². The van der Waals surface area contributed by atoms with Gasteiger partial charge in [-0.25, -0.2) is 13.4 Å². The normalized spacial score (nSPS) is 11.3. The van der Waals surface area contributed by atoms with Crippen molar-refractivity contribution in [1.29, 1.82) is 0 Å². The summed E-state index contributed by atoms with van der Waals surface area (Å²) < 4.78 is 23.2. The first kappa shape index (κ1) is 12.6. The Bertz CT molecular complexity index is 467. The summed E-state index contributed by atoms with van der Waals surface area (Å²) in [6.45, 7) is -0.196. The molecule has 1 rings (SSSR count).